The van der Waals surface area contributed by atoms with Gasteiger partial charge in [-0.1, -0.05) is 27.7 Å². The quantitative estimate of drug-likeness (QED) is 0.873. The molecule has 1 unspecified atom stereocenters. The summed E-state index contributed by atoms with van der Waals surface area (Å²) in [7, 11) is 1.98. The molecule has 1 saturated heterocycles. The first-order valence-electron chi connectivity index (χ1n) is 7.54. The van der Waals surface area contributed by atoms with Crippen molar-refractivity contribution in [3.63, 3.8) is 0 Å². The molecule has 5 nitrogen and oxygen atoms in total. The molecule has 1 aliphatic heterocycles. The molecular weight excluding hydrogens is 296 g/mol. The Balaban J connectivity index is 1.93. The zero-order valence-electron chi connectivity index (χ0n) is 13.7. The van der Waals surface area contributed by atoms with Crippen LogP contribution in [0.4, 0.5) is 0 Å². The lowest BCUT2D eigenvalue weighted by molar-refractivity contribution is -0.0373. The van der Waals surface area contributed by atoms with Gasteiger partial charge >= 0.3 is 0 Å². The minimum absolute atomic E-state index is 0.0158. The standard InChI is InChI=1S/C16H22N4OS/c1-10(2)11-12(22-9-18-11)15(21)20-8-16(3,4)13(20)14-17-6-7-19(14)5/h6-7,9-10,13H,8H2,1-5H3. The van der Waals surface area contributed by atoms with Gasteiger partial charge in [0.05, 0.1) is 17.2 Å². The first-order valence-corrected chi connectivity index (χ1v) is 8.42. The second-order valence-corrected chi connectivity index (χ2v) is 7.80. The molecule has 22 heavy (non-hydrogen) atoms. The van der Waals surface area contributed by atoms with E-state index in [-0.39, 0.29) is 23.3 Å². The zero-order chi connectivity index (χ0) is 16.1. The van der Waals surface area contributed by atoms with Gasteiger partial charge in [0, 0.05) is 31.4 Å². The van der Waals surface area contributed by atoms with Crippen LogP contribution in [0.2, 0.25) is 0 Å². The number of imidazole rings is 1. The normalized spacial score (nSPS) is 20.3. The van der Waals surface area contributed by atoms with Crippen LogP contribution in [-0.4, -0.2) is 31.9 Å². The van der Waals surface area contributed by atoms with E-state index >= 15 is 0 Å². The lowest BCUT2D eigenvalue weighted by atomic mass is 9.74. The largest absolute Gasteiger partial charge is 0.336 e. The van der Waals surface area contributed by atoms with E-state index in [2.05, 4.69) is 37.7 Å². The van der Waals surface area contributed by atoms with Crippen LogP contribution in [0, 0.1) is 5.41 Å². The average Bonchev–Trinajstić information content (AvgIpc) is 3.05. The number of nitrogens with zero attached hydrogens (tertiary/aromatic N) is 4. The molecule has 2 aromatic heterocycles. The number of rotatable bonds is 3. The lowest BCUT2D eigenvalue weighted by Crippen LogP contribution is -2.58. The minimum Gasteiger partial charge on any atom is -0.336 e. The van der Waals surface area contributed by atoms with Crippen LogP contribution >= 0.6 is 11.3 Å². The van der Waals surface area contributed by atoms with Gasteiger partial charge in [0.15, 0.2) is 0 Å². The highest BCUT2D eigenvalue weighted by Gasteiger charge is 2.51. The molecule has 3 heterocycles. The fourth-order valence-electron chi connectivity index (χ4n) is 3.20. The number of thiazole rings is 1. The number of hydrogen-bond acceptors (Lipinski definition) is 4. The van der Waals surface area contributed by atoms with Crippen molar-refractivity contribution in [1.82, 2.24) is 19.4 Å². The van der Waals surface area contributed by atoms with Gasteiger partial charge in [-0.15, -0.1) is 11.3 Å². The third-order valence-electron chi connectivity index (χ3n) is 4.33. The van der Waals surface area contributed by atoms with Gasteiger partial charge in [-0.05, 0) is 5.92 Å². The van der Waals surface area contributed by atoms with Crippen molar-refractivity contribution >= 4 is 17.2 Å². The molecule has 1 aliphatic rings. The van der Waals surface area contributed by atoms with Gasteiger partial charge in [0.2, 0.25) is 0 Å². The molecule has 2 aromatic rings. The molecule has 0 saturated carbocycles. The maximum atomic E-state index is 13.0. The van der Waals surface area contributed by atoms with Gasteiger partial charge in [-0.2, -0.15) is 0 Å². The summed E-state index contributed by atoms with van der Waals surface area (Å²) in [6.07, 6.45) is 3.72. The van der Waals surface area contributed by atoms with Crippen LogP contribution in [0.15, 0.2) is 17.9 Å². The van der Waals surface area contributed by atoms with E-state index in [0.717, 1.165) is 22.9 Å². The predicted octanol–water partition coefficient (Wildman–Crippen LogP) is 3.22. The molecule has 3 rings (SSSR count). The van der Waals surface area contributed by atoms with Crippen molar-refractivity contribution in [2.75, 3.05) is 6.54 Å². The molecule has 118 valence electrons. The smallest absolute Gasteiger partial charge is 0.266 e. The Kier molecular flexibility index (Phi) is 3.59. The molecule has 0 bridgehead atoms. The van der Waals surface area contributed by atoms with Crippen LogP contribution in [-0.2, 0) is 7.05 Å². The maximum absolute atomic E-state index is 13.0. The van der Waals surface area contributed by atoms with Crippen LogP contribution in [0.5, 0.6) is 0 Å². The van der Waals surface area contributed by atoms with Crippen molar-refractivity contribution in [3.8, 4) is 0 Å². The van der Waals surface area contributed by atoms with Crippen LogP contribution in [0.1, 0.15) is 60.8 Å². The fraction of sp³-hybridized carbons (Fsp3) is 0.562. The number of amides is 1. The number of aromatic nitrogens is 3. The minimum atomic E-state index is 0.0158. The Morgan fingerprint density at radius 1 is 1.41 bits per heavy atom. The molecule has 6 heteroatoms. The van der Waals surface area contributed by atoms with Gasteiger partial charge in [-0.25, -0.2) is 9.97 Å². The Morgan fingerprint density at radius 2 is 2.14 bits per heavy atom. The van der Waals surface area contributed by atoms with E-state index in [1.807, 2.05) is 22.7 Å². The van der Waals surface area contributed by atoms with E-state index in [9.17, 15) is 4.79 Å². The van der Waals surface area contributed by atoms with Gasteiger partial charge in [-0.3, -0.25) is 4.79 Å². The number of carbonyl (C=O) groups excluding carboxylic acids is 1. The van der Waals surface area contributed by atoms with E-state index in [4.69, 9.17) is 0 Å². The number of aryl methyl sites for hydroxylation is 1. The predicted molar refractivity (Wildman–Crippen MR) is 87.0 cm³/mol. The molecule has 0 aromatic carbocycles. The van der Waals surface area contributed by atoms with Gasteiger partial charge < -0.3 is 9.47 Å². The van der Waals surface area contributed by atoms with E-state index < -0.39 is 0 Å². The Labute approximate surface area is 135 Å². The summed E-state index contributed by atoms with van der Waals surface area (Å²) in [5.74, 6) is 1.28. The molecule has 1 amide bonds. The van der Waals surface area contributed by atoms with E-state index in [0.29, 0.717) is 0 Å². The number of likely N-dealkylation sites (tertiary alicyclic amines) is 1. The highest BCUT2D eigenvalue weighted by molar-refractivity contribution is 7.11. The van der Waals surface area contributed by atoms with Crippen molar-refractivity contribution < 1.29 is 4.79 Å². The second kappa shape index (κ2) is 5.19. The summed E-state index contributed by atoms with van der Waals surface area (Å²) in [5, 5.41) is 0. The number of hydrogen-bond donors (Lipinski definition) is 0. The zero-order valence-corrected chi connectivity index (χ0v) is 14.5. The Hall–Kier alpha value is -1.69. The van der Waals surface area contributed by atoms with Crippen LogP contribution < -0.4 is 0 Å². The Morgan fingerprint density at radius 3 is 2.68 bits per heavy atom. The van der Waals surface area contributed by atoms with Crippen molar-refractivity contribution in [2.45, 2.75) is 39.7 Å². The SMILES string of the molecule is CC(C)c1ncsc1C(=O)N1CC(C)(C)C1c1nccn1C. The van der Waals surface area contributed by atoms with Gasteiger partial charge in [0.25, 0.3) is 5.91 Å². The summed E-state index contributed by atoms with van der Waals surface area (Å²) in [4.78, 5) is 24.5. The lowest BCUT2D eigenvalue weighted by Gasteiger charge is -2.53. The van der Waals surface area contributed by atoms with Gasteiger partial charge in [0.1, 0.15) is 10.7 Å². The summed E-state index contributed by atoms with van der Waals surface area (Å²) >= 11 is 1.44. The highest BCUT2D eigenvalue weighted by atomic mass is 32.1. The highest BCUT2D eigenvalue weighted by Crippen LogP contribution is 2.48. The van der Waals surface area contributed by atoms with Crippen molar-refractivity contribution in [1.29, 1.82) is 0 Å². The van der Waals surface area contributed by atoms with Crippen molar-refractivity contribution in [3.05, 3.63) is 34.3 Å². The summed E-state index contributed by atoms with van der Waals surface area (Å²) in [6, 6.07) is 0.0158. The first kappa shape index (κ1) is 15.2. The third kappa shape index (κ3) is 2.26. The monoisotopic (exact) mass is 318 g/mol. The third-order valence-corrected chi connectivity index (χ3v) is 5.16. The second-order valence-electron chi connectivity index (χ2n) is 6.94. The summed E-state index contributed by atoms with van der Waals surface area (Å²) < 4.78 is 2.00. The first-order chi connectivity index (χ1) is 10.3. The molecule has 1 fully saturated rings. The van der Waals surface area contributed by atoms with Crippen LogP contribution in [0.3, 0.4) is 0 Å². The summed E-state index contributed by atoms with van der Waals surface area (Å²) in [5.41, 5.74) is 2.71. The van der Waals surface area contributed by atoms with E-state index in [1.54, 1.807) is 11.7 Å². The van der Waals surface area contributed by atoms with Crippen molar-refractivity contribution in [2.24, 2.45) is 12.5 Å². The molecule has 1 atom stereocenters. The molecule has 0 aliphatic carbocycles. The summed E-state index contributed by atoms with van der Waals surface area (Å²) in [6.45, 7) is 9.27. The average molecular weight is 318 g/mol. The van der Waals surface area contributed by atoms with Crippen LogP contribution in [0.25, 0.3) is 0 Å². The molecule has 0 spiro atoms. The molecule has 0 radical (unpaired) electrons. The number of carbonyl (C=O) groups is 1. The maximum Gasteiger partial charge on any atom is 0.266 e. The Bertz CT molecular complexity index is 701. The molecule has 0 N–H and O–H groups in total. The topological polar surface area (TPSA) is 51.0 Å². The van der Waals surface area contributed by atoms with E-state index in [1.165, 1.54) is 11.3 Å². The molecular formula is C16H22N4OS. The fourth-order valence-corrected chi connectivity index (χ4v) is 4.10.